The fraction of sp³-hybridized carbons (Fsp3) is 0.136. The van der Waals surface area contributed by atoms with Gasteiger partial charge in [-0.1, -0.05) is 12.1 Å². The van der Waals surface area contributed by atoms with Crippen LogP contribution in [0.2, 0.25) is 0 Å². The van der Waals surface area contributed by atoms with Crippen molar-refractivity contribution in [3.8, 4) is 11.4 Å². The Morgan fingerprint density at radius 1 is 1.12 bits per heavy atom. The number of non-ortho nitro benzene ring substituents is 1. The Morgan fingerprint density at radius 3 is 2.59 bits per heavy atom. The molecule has 0 saturated carbocycles. The van der Waals surface area contributed by atoms with Gasteiger partial charge < -0.3 is 14.3 Å². The van der Waals surface area contributed by atoms with Crippen LogP contribution in [0, 0.1) is 24.0 Å². The number of nitrogens with zero attached hydrogens (tertiary/aromatic N) is 4. The molecular formula is C22H19N5O5. The quantitative estimate of drug-likeness (QED) is 0.294. The number of aromatic amines is 1. The highest BCUT2D eigenvalue weighted by molar-refractivity contribution is 5.82. The van der Waals surface area contributed by atoms with Crippen molar-refractivity contribution in [1.82, 2.24) is 14.2 Å². The number of hydrogen-bond donors (Lipinski definition) is 1. The van der Waals surface area contributed by atoms with Crippen LogP contribution in [0.15, 0.2) is 63.2 Å². The molecule has 0 atom stereocenters. The maximum Gasteiger partial charge on any atom is 0.349 e. The Morgan fingerprint density at radius 2 is 1.88 bits per heavy atom. The second-order valence-electron chi connectivity index (χ2n) is 7.11. The van der Waals surface area contributed by atoms with E-state index in [1.54, 1.807) is 41.8 Å². The predicted octanol–water partition coefficient (Wildman–Crippen LogP) is 2.90. The monoisotopic (exact) mass is 433 g/mol. The van der Waals surface area contributed by atoms with E-state index in [0.29, 0.717) is 33.6 Å². The Hall–Kier alpha value is -4.47. The molecule has 2 heterocycles. The minimum atomic E-state index is -0.654. The molecule has 0 amide bonds. The third-order valence-electron chi connectivity index (χ3n) is 5.18. The summed E-state index contributed by atoms with van der Waals surface area (Å²) in [5.41, 5.74) is 1.78. The van der Waals surface area contributed by atoms with Crippen LogP contribution in [0.25, 0.3) is 16.6 Å². The first kappa shape index (κ1) is 20.8. The van der Waals surface area contributed by atoms with Gasteiger partial charge >= 0.3 is 5.69 Å². The van der Waals surface area contributed by atoms with Crippen molar-refractivity contribution in [1.29, 1.82) is 0 Å². The minimum absolute atomic E-state index is 0.0715. The lowest BCUT2D eigenvalue weighted by atomic mass is 10.2. The molecule has 2 aromatic carbocycles. The summed E-state index contributed by atoms with van der Waals surface area (Å²) in [6.45, 7) is 3.64. The number of nitro groups is 1. The highest BCUT2D eigenvalue weighted by atomic mass is 16.6. The number of fused-ring (bicyclic) bond motifs is 1. The molecule has 1 N–H and O–H groups in total. The van der Waals surface area contributed by atoms with E-state index >= 15 is 0 Å². The standard InChI is InChI=1S/C22H19N5O5/c1-13-10-15(12-23-26-21(28)17-6-4-5-7-18(17)24-22(26)29)14(2)25(13)19-11-16(27(30)31)8-9-20(19)32-3/h4-12H,1-3H3,(H,24,29). The van der Waals surface area contributed by atoms with Crippen LogP contribution < -0.4 is 16.0 Å². The van der Waals surface area contributed by atoms with E-state index in [2.05, 4.69) is 10.1 Å². The van der Waals surface area contributed by atoms with Crippen molar-refractivity contribution < 1.29 is 9.66 Å². The molecule has 32 heavy (non-hydrogen) atoms. The summed E-state index contributed by atoms with van der Waals surface area (Å²) < 4.78 is 7.95. The highest BCUT2D eigenvalue weighted by Crippen LogP contribution is 2.31. The third kappa shape index (κ3) is 3.47. The number of hydrogen-bond acceptors (Lipinski definition) is 6. The van der Waals surface area contributed by atoms with Gasteiger partial charge in [0.15, 0.2) is 0 Å². The summed E-state index contributed by atoms with van der Waals surface area (Å²) >= 11 is 0. The molecular weight excluding hydrogens is 414 g/mol. The van der Waals surface area contributed by atoms with Crippen LogP contribution in [-0.2, 0) is 0 Å². The van der Waals surface area contributed by atoms with Crippen molar-refractivity contribution in [2.45, 2.75) is 13.8 Å². The Bertz CT molecular complexity index is 1510. The first-order chi connectivity index (χ1) is 15.3. The average molecular weight is 433 g/mol. The second kappa shape index (κ2) is 7.99. The fourth-order valence-corrected chi connectivity index (χ4v) is 3.63. The van der Waals surface area contributed by atoms with Crippen molar-refractivity contribution >= 4 is 22.8 Å². The van der Waals surface area contributed by atoms with Gasteiger partial charge in [-0.3, -0.25) is 14.9 Å². The van der Waals surface area contributed by atoms with Crippen LogP contribution in [0.4, 0.5) is 5.69 Å². The summed E-state index contributed by atoms with van der Waals surface area (Å²) in [4.78, 5) is 38.4. The molecule has 0 bridgehead atoms. The number of methoxy groups -OCH3 is 1. The van der Waals surface area contributed by atoms with Gasteiger partial charge in [0, 0.05) is 29.1 Å². The summed E-state index contributed by atoms with van der Waals surface area (Å²) in [5.74, 6) is 0.461. The third-order valence-corrected chi connectivity index (χ3v) is 5.18. The zero-order valence-corrected chi connectivity index (χ0v) is 17.5. The van der Waals surface area contributed by atoms with Crippen LogP contribution >= 0.6 is 0 Å². The Balaban J connectivity index is 1.82. The molecule has 0 fully saturated rings. The molecule has 4 rings (SSSR count). The predicted molar refractivity (Wildman–Crippen MR) is 120 cm³/mol. The number of aromatic nitrogens is 3. The van der Waals surface area contributed by atoms with Gasteiger partial charge in [0.05, 0.1) is 34.8 Å². The lowest BCUT2D eigenvalue weighted by Gasteiger charge is -2.13. The van der Waals surface area contributed by atoms with E-state index in [4.69, 9.17) is 4.74 Å². The van der Waals surface area contributed by atoms with Crippen molar-refractivity contribution in [3.05, 3.63) is 96.4 Å². The zero-order valence-electron chi connectivity index (χ0n) is 17.5. The first-order valence-corrected chi connectivity index (χ1v) is 9.62. The number of rotatable bonds is 5. The molecule has 0 radical (unpaired) electrons. The molecule has 0 aliphatic carbocycles. The number of nitro benzene ring substituents is 1. The number of H-pyrrole nitrogens is 1. The minimum Gasteiger partial charge on any atom is -0.495 e. The Kier molecular flexibility index (Phi) is 5.19. The normalized spacial score (nSPS) is 11.3. The van der Waals surface area contributed by atoms with Gasteiger partial charge in [-0.25, -0.2) is 4.79 Å². The molecule has 0 unspecified atom stereocenters. The summed E-state index contributed by atoms with van der Waals surface area (Å²) in [6, 6.07) is 12.8. The fourth-order valence-electron chi connectivity index (χ4n) is 3.63. The smallest absolute Gasteiger partial charge is 0.349 e. The summed E-state index contributed by atoms with van der Waals surface area (Å²) in [5, 5.41) is 15.7. The van der Waals surface area contributed by atoms with Gasteiger partial charge in [0.25, 0.3) is 11.2 Å². The number of aryl methyl sites for hydroxylation is 1. The van der Waals surface area contributed by atoms with E-state index in [0.717, 1.165) is 10.4 Å². The van der Waals surface area contributed by atoms with Crippen LogP contribution in [-0.4, -0.2) is 32.5 Å². The molecule has 10 nitrogen and oxygen atoms in total. The van der Waals surface area contributed by atoms with Gasteiger partial charge in [0.2, 0.25) is 0 Å². The van der Waals surface area contributed by atoms with Crippen molar-refractivity contribution in [2.24, 2.45) is 5.10 Å². The molecule has 10 heteroatoms. The van der Waals surface area contributed by atoms with Crippen LogP contribution in [0.3, 0.4) is 0 Å². The molecule has 162 valence electrons. The molecule has 0 spiro atoms. The molecule has 0 aliphatic rings. The van der Waals surface area contributed by atoms with Gasteiger partial charge in [0.1, 0.15) is 5.75 Å². The number of ether oxygens (including phenoxy) is 1. The lowest BCUT2D eigenvalue weighted by molar-refractivity contribution is -0.384. The van der Waals surface area contributed by atoms with E-state index in [9.17, 15) is 19.7 Å². The Labute approximate surface area is 181 Å². The lowest BCUT2D eigenvalue weighted by Crippen LogP contribution is -2.32. The van der Waals surface area contributed by atoms with E-state index < -0.39 is 16.2 Å². The van der Waals surface area contributed by atoms with Crippen molar-refractivity contribution in [2.75, 3.05) is 7.11 Å². The van der Waals surface area contributed by atoms with Gasteiger partial charge in [-0.15, -0.1) is 4.68 Å². The largest absolute Gasteiger partial charge is 0.495 e. The maximum atomic E-state index is 12.7. The molecule has 0 saturated heterocycles. The van der Waals surface area contributed by atoms with Crippen LogP contribution in [0.5, 0.6) is 5.75 Å². The number of nitrogens with one attached hydrogen (secondary N) is 1. The molecule has 0 aliphatic heterocycles. The second-order valence-corrected chi connectivity index (χ2v) is 7.11. The molecule has 4 aromatic rings. The number of benzene rings is 2. The zero-order chi connectivity index (χ0) is 23.0. The van der Waals surface area contributed by atoms with Crippen LogP contribution in [0.1, 0.15) is 17.0 Å². The summed E-state index contributed by atoms with van der Waals surface area (Å²) in [6.07, 6.45) is 1.41. The summed E-state index contributed by atoms with van der Waals surface area (Å²) in [7, 11) is 1.49. The number of para-hydroxylation sites is 1. The SMILES string of the molecule is COc1ccc([N+](=O)[O-])cc1-n1c(C)cc(C=Nn2c(=O)[nH]c3ccccc3c2=O)c1C. The van der Waals surface area contributed by atoms with Crippen molar-refractivity contribution in [3.63, 3.8) is 0 Å². The van der Waals surface area contributed by atoms with Gasteiger partial charge in [-0.2, -0.15) is 5.10 Å². The maximum absolute atomic E-state index is 12.7. The topological polar surface area (TPSA) is 125 Å². The van der Waals surface area contributed by atoms with Gasteiger partial charge in [-0.05, 0) is 38.1 Å². The van der Waals surface area contributed by atoms with E-state index in [1.807, 2.05) is 6.92 Å². The van der Waals surface area contributed by atoms with E-state index in [-0.39, 0.29) is 5.69 Å². The first-order valence-electron chi connectivity index (χ1n) is 9.62. The average Bonchev–Trinajstić information content (AvgIpc) is 3.06. The molecule has 2 aromatic heterocycles. The highest BCUT2D eigenvalue weighted by Gasteiger charge is 2.17. The van der Waals surface area contributed by atoms with E-state index in [1.165, 1.54) is 31.5 Å².